The number of carbonyl (C=O) groups excluding carboxylic acids is 2. The fraction of sp³-hybridized carbons (Fsp3) is 0.316. The summed E-state index contributed by atoms with van der Waals surface area (Å²) >= 11 is 0. The first kappa shape index (κ1) is 30.5. The number of fused-ring (bicyclic) bond motifs is 1. The van der Waals surface area contributed by atoms with E-state index in [1.807, 2.05) is 72.8 Å². The third kappa shape index (κ3) is 6.02. The highest BCUT2D eigenvalue weighted by atomic mass is 16.7. The molecule has 2 fully saturated rings. The molecule has 4 aromatic rings. The lowest BCUT2D eigenvalue weighted by Gasteiger charge is -2.38. The monoisotopic (exact) mass is 618 g/mol. The van der Waals surface area contributed by atoms with Crippen LogP contribution in [0.25, 0.3) is 11.1 Å². The van der Waals surface area contributed by atoms with Crippen molar-refractivity contribution in [3.05, 3.63) is 130 Å². The molecule has 2 saturated heterocycles. The van der Waals surface area contributed by atoms with Gasteiger partial charge in [0.2, 0.25) is 0 Å². The SMILES string of the molecule is O=C1c2ccccc2C(=O)N1Cc1ccccc1-c1ccc(C2OC(CN3CCCC3CO)CC(c3ccc(CO)cc3)O2)cc1. The standard InChI is InChI=1S/C38H38N2O6/c41-23-25-11-13-27(14-12-25)35-20-31(22-39-19-5-7-30(39)24-42)45-38(46-35)28-17-15-26(16-18-28)32-8-2-1-6-29(32)21-40-36(43)33-9-3-4-10-34(33)37(40)44/h1-4,6,8-18,30-31,35,38,41-42H,5,7,19-24H2. The Morgan fingerprint density at radius 1 is 0.739 bits per heavy atom. The van der Waals surface area contributed by atoms with Crippen LogP contribution in [0.1, 0.15) is 74.6 Å². The van der Waals surface area contributed by atoms with Crippen molar-refractivity contribution < 1.29 is 29.3 Å². The fourth-order valence-corrected chi connectivity index (χ4v) is 6.95. The number of aliphatic hydroxyl groups is 2. The van der Waals surface area contributed by atoms with E-state index in [4.69, 9.17) is 9.47 Å². The second kappa shape index (κ2) is 13.3. The molecule has 0 radical (unpaired) electrons. The van der Waals surface area contributed by atoms with E-state index < -0.39 is 6.29 Å². The smallest absolute Gasteiger partial charge is 0.261 e. The van der Waals surface area contributed by atoms with Crippen molar-refractivity contribution in [2.24, 2.45) is 0 Å². The van der Waals surface area contributed by atoms with E-state index >= 15 is 0 Å². The second-order valence-corrected chi connectivity index (χ2v) is 12.3. The van der Waals surface area contributed by atoms with Crippen molar-refractivity contribution in [3.63, 3.8) is 0 Å². The van der Waals surface area contributed by atoms with Crippen LogP contribution in [0, 0.1) is 0 Å². The van der Waals surface area contributed by atoms with Gasteiger partial charge in [-0.15, -0.1) is 0 Å². The molecule has 0 bridgehead atoms. The largest absolute Gasteiger partial charge is 0.395 e. The molecule has 3 aliphatic rings. The minimum Gasteiger partial charge on any atom is -0.395 e. The van der Waals surface area contributed by atoms with Gasteiger partial charge in [-0.3, -0.25) is 19.4 Å². The van der Waals surface area contributed by atoms with Crippen LogP contribution in [0.2, 0.25) is 0 Å². The molecule has 2 amide bonds. The highest BCUT2D eigenvalue weighted by Crippen LogP contribution is 2.39. The van der Waals surface area contributed by atoms with Gasteiger partial charge in [0.1, 0.15) is 0 Å². The number of hydrogen-bond donors (Lipinski definition) is 2. The molecule has 0 aliphatic carbocycles. The average Bonchev–Trinajstić information content (AvgIpc) is 3.66. The molecule has 0 spiro atoms. The molecule has 4 aromatic carbocycles. The fourth-order valence-electron chi connectivity index (χ4n) is 6.95. The van der Waals surface area contributed by atoms with Gasteiger partial charge in [-0.05, 0) is 59.3 Å². The van der Waals surface area contributed by atoms with Gasteiger partial charge in [-0.25, -0.2) is 0 Å². The molecule has 3 heterocycles. The third-order valence-corrected chi connectivity index (χ3v) is 9.48. The van der Waals surface area contributed by atoms with Gasteiger partial charge < -0.3 is 19.7 Å². The van der Waals surface area contributed by atoms with E-state index in [2.05, 4.69) is 4.90 Å². The first-order valence-electron chi connectivity index (χ1n) is 16.0. The minimum atomic E-state index is -0.584. The summed E-state index contributed by atoms with van der Waals surface area (Å²) in [6.07, 6.45) is 1.89. The van der Waals surface area contributed by atoms with Gasteiger partial charge in [-0.1, -0.05) is 84.9 Å². The summed E-state index contributed by atoms with van der Waals surface area (Å²) in [7, 11) is 0. The summed E-state index contributed by atoms with van der Waals surface area (Å²) in [5.74, 6) is -0.543. The number of hydrogen-bond acceptors (Lipinski definition) is 7. The molecule has 8 heteroatoms. The number of ether oxygens (including phenoxy) is 2. The Balaban J connectivity index is 1.12. The van der Waals surface area contributed by atoms with Gasteiger partial charge in [0.05, 0.1) is 43.1 Å². The number of amides is 2. The summed E-state index contributed by atoms with van der Waals surface area (Å²) in [4.78, 5) is 29.8. The molecular formula is C38H38N2O6. The van der Waals surface area contributed by atoms with E-state index in [0.717, 1.165) is 59.3 Å². The van der Waals surface area contributed by atoms with Crippen molar-refractivity contribution in [2.45, 2.75) is 57.0 Å². The first-order valence-corrected chi connectivity index (χ1v) is 16.0. The second-order valence-electron chi connectivity index (χ2n) is 12.3. The van der Waals surface area contributed by atoms with Gasteiger partial charge in [0.25, 0.3) is 11.8 Å². The lowest BCUT2D eigenvalue weighted by atomic mass is 9.97. The molecule has 0 saturated carbocycles. The highest BCUT2D eigenvalue weighted by molar-refractivity contribution is 6.21. The van der Waals surface area contributed by atoms with Crippen LogP contribution in [0.15, 0.2) is 97.1 Å². The van der Waals surface area contributed by atoms with Crippen molar-refractivity contribution in [1.29, 1.82) is 0 Å². The zero-order valence-electron chi connectivity index (χ0n) is 25.6. The molecule has 8 nitrogen and oxygen atoms in total. The minimum absolute atomic E-state index is 0.00848. The first-order chi connectivity index (χ1) is 22.5. The number of imide groups is 1. The molecular weight excluding hydrogens is 580 g/mol. The van der Waals surface area contributed by atoms with Crippen LogP contribution in [0.4, 0.5) is 0 Å². The van der Waals surface area contributed by atoms with Gasteiger partial charge >= 0.3 is 0 Å². The zero-order chi connectivity index (χ0) is 31.6. The van der Waals surface area contributed by atoms with Crippen LogP contribution >= 0.6 is 0 Å². The highest BCUT2D eigenvalue weighted by Gasteiger charge is 2.37. The Labute approximate surface area is 268 Å². The van der Waals surface area contributed by atoms with Crippen LogP contribution < -0.4 is 0 Å². The summed E-state index contributed by atoms with van der Waals surface area (Å²) < 4.78 is 13.1. The predicted molar refractivity (Wildman–Crippen MR) is 173 cm³/mol. The molecule has 4 unspecified atom stereocenters. The normalized spacial score (nSPS) is 23.2. The van der Waals surface area contributed by atoms with Crippen LogP contribution in [0.5, 0.6) is 0 Å². The number of aliphatic hydroxyl groups excluding tert-OH is 2. The van der Waals surface area contributed by atoms with Crippen molar-refractivity contribution in [1.82, 2.24) is 9.80 Å². The Morgan fingerprint density at radius 3 is 2.07 bits per heavy atom. The van der Waals surface area contributed by atoms with Crippen molar-refractivity contribution in [3.8, 4) is 11.1 Å². The van der Waals surface area contributed by atoms with Crippen LogP contribution in [-0.4, -0.2) is 63.7 Å². The zero-order valence-corrected chi connectivity index (χ0v) is 25.6. The molecule has 7 rings (SSSR count). The lowest BCUT2D eigenvalue weighted by Crippen LogP contribution is -2.42. The van der Waals surface area contributed by atoms with Crippen molar-refractivity contribution >= 4 is 11.8 Å². The van der Waals surface area contributed by atoms with Gasteiger partial charge in [0, 0.05) is 24.6 Å². The summed E-state index contributed by atoms with van der Waals surface area (Å²) in [6, 6.07) is 30.9. The number of rotatable bonds is 9. The molecule has 3 aliphatic heterocycles. The molecule has 46 heavy (non-hydrogen) atoms. The Morgan fingerprint density at radius 2 is 1.39 bits per heavy atom. The summed E-state index contributed by atoms with van der Waals surface area (Å²) in [5, 5.41) is 19.4. The quantitative estimate of drug-likeness (QED) is 0.234. The van der Waals surface area contributed by atoms with E-state index in [0.29, 0.717) is 17.5 Å². The van der Waals surface area contributed by atoms with E-state index in [1.54, 1.807) is 24.3 Å². The Hall–Kier alpha value is -4.18. The molecule has 236 valence electrons. The summed E-state index contributed by atoms with van der Waals surface area (Å²) in [6.45, 7) is 1.99. The molecule has 4 atom stereocenters. The Bertz CT molecular complexity index is 1670. The molecule has 2 N–H and O–H groups in total. The number of benzene rings is 4. The van der Waals surface area contributed by atoms with Gasteiger partial charge in [-0.2, -0.15) is 0 Å². The van der Waals surface area contributed by atoms with E-state index in [1.165, 1.54) is 4.90 Å². The van der Waals surface area contributed by atoms with Crippen LogP contribution in [0.3, 0.4) is 0 Å². The lowest BCUT2D eigenvalue weighted by molar-refractivity contribution is -0.253. The topological polar surface area (TPSA) is 99.5 Å². The predicted octanol–water partition coefficient (Wildman–Crippen LogP) is 5.64. The Kier molecular flexibility index (Phi) is 8.80. The average molecular weight is 619 g/mol. The third-order valence-electron chi connectivity index (χ3n) is 9.48. The van der Waals surface area contributed by atoms with Gasteiger partial charge in [0.15, 0.2) is 6.29 Å². The van der Waals surface area contributed by atoms with E-state index in [-0.39, 0.29) is 49.8 Å². The maximum absolute atomic E-state index is 13.1. The number of likely N-dealkylation sites (tertiary alicyclic amines) is 1. The van der Waals surface area contributed by atoms with Crippen molar-refractivity contribution in [2.75, 3.05) is 19.7 Å². The molecule has 0 aromatic heterocycles. The number of nitrogens with zero attached hydrogens (tertiary/aromatic N) is 2. The van der Waals surface area contributed by atoms with E-state index in [9.17, 15) is 19.8 Å². The maximum atomic E-state index is 13.1. The van der Waals surface area contributed by atoms with Crippen LogP contribution in [-0.2, 0) is 22.6 Å². The maximum Gasteiger partial charge on any atom is 0.261 e. The number of carbonyl (C=O) groups is 2. The summed E-state index contributed by atoms with van der Waals surface area (Å²) in [5.41, 5.74) is 6.45.